The summed E-state index contributed by atoms with van der Waals surface area (Å²) in [5, 5.41) is 2.77. The highest BCUT2D eigenvalue weighted by Gasteiger charge is 2.12. The van der Waals surface area contributed by atoms with E-state index in [-0.39, 0.29) is 5.91 Å². The molecule has 4 nitrogen and oxygen atoms in total. The van der Waals surface area contributed by atoms with Gasteiger partial charge >= 0.3 is 0 Å². The van der Waals surface area contributed by atoms with Gasteiger partial charge in [-0.25, -0.2) is 4.98 Å². The minimum absolute atomic E-state index is 0.228. The number of pyridine rings is 1. The van der Waals surface area contributed by atoms with Gasteiger partial charge in [-0.1, -0.05) is 15.9 Å². The average molecular weight is 385 g/mol. The third kappa shape index (κ3) is 3.33. The van der Waals surface area contributed by atoms with E-state index in [2.05, 4.69) is 42.2 Å². The van der Waals surface area contributed by atoms with Crippen molar-refractivity contribution in [2.75, 3.05) is 11.1 Å². The molecule has 0 saturated carbocycles. The van der Waals surface area contributed by atoms with Crippen LogP contribution in [0.3, 0.4) is 0 Å². The first-order chi connectivity index (χ1) is 8.97. The molecule has 0 fully saturated rings. The lowest BCUT2D eigenvalue weighted by Crippen LogP contribution is -2.14. The Hall–Kier alpha value is -1.40. The molecule has 3 N–H and O–H groups in total. The summed E-state index contributed by atoms with van der Waals surface area (Å²) >= 11 is 6.69. The third-order valence-electron chi connectivity index (χ3n) is 2.50. The fraction of sp³-hybridized carbons (Fsp3) is 0.0769. The van der Waals surface area contributed by atoms with Gasteiger partial charge in [0.05, 0.1) is 17.4 Å². The number of nitrogens with zero attached hydrogens (tertiary/aromatic N) is 1. The first kappa shape index (κ1) is 14.0. The summed E-state index contributed by atoms with van der Waals surface area (Å²) in [6.45, 7) is 1.84. The van der Waals surface area contributed by atoms with E-state index in [0.717, 1.165) is 14.5 Å². The topological polar surface area (TPSA) is 68.0 Å². The van der Waals surface area contributed by atoms with Crippen molar-refractivity contribution in [3.05, 3.63) is 50.5 Å². The molecule has 1 amide bonds. The van der Waals surface area contributed by atoms with E-state index in [1.54, 1.807) is 12.1 Å². The molecule has 0 unspecified atom stereocenters. The summed E-state index contributed by atoms with van der Waals surface area (Å²) < 4.78 is 1.56. The number of nitrogens with one attached hydrogen (secondary N) is 1. The summed E-state index contributed by atoms with van der Waals surface area (Å²) in [6, 6.07) is 7.17. The van der Waals surface area contributed by atoms with Crippen molar-refractivity contribution < 1.29 is 4.79 Å². The van der Waals surface area contributed by atoms with Crippen molar-refractivity contribution in [1.29, 1.82) is 0 Å². The van der Waals surface area contributed by atoms with Gasteiger partial charge in [0.25, 0.3) is 5.91 Å². The molecule has 2 rings (SSSR count). The summed E-state index contributed by atoms with van der Waals surface area (Å²) in [5.74, 6) is 0.277. The molecular weight excluding hydrogens is 374 g/mol. The molecule has 0 saturated heterocycles. The number of anilines is 2. The Morgan fingerprint density at radius 2 is 2.05 bits per heavy atom. The number of hydrogen-bond acceptors (Lipinski definition) is 3. The highest BCUT2D eigenvalue weighted by atomic mass is 79.9. The van der Waals surface area contributed by atoms with Crippen LogP contribution < -0.4 is 11.1 Å². The second kappa shape index (κ2) is 5.71. The molecule has 2 aromatic rings. The number of carbonyl (C=O) groups excluding carboxylic acids is 1. The average Bonchev–Trinajstić information content (AvgIpc) is 2.35. The van der Waals surface area contributed by atoms with E-state index < -0.39 is 0 Å². The Labute approximate surface area is 127 Å². The SMILES string of the molecule is Cc1cc(N)cnc1NC(=O)c1cc(Br)ccc1Br. The second-order valence-electron chi connectivity index (χ2n) is 4.01. The Morgan fingerprint density at radius 1 is 1.32 bits per heavy atom. The molecule has 0 atom stereocenters. The Bertz CT molecular complexity index is 644. The predicted molar refractivity (Wildman–Crippen MR) is 83.2 cm³/mol. The Morgan fingerprint density at radius 3 is 2.74 bits per heavy atom. The van der Waals surface area contributed by atoms with Crippen LogP contribution in [-0.4, -0.2) is 10.9 Å². The first-order valence-electron chi connectivity index (χ1n) is 5.46. The highest BCUT2D eigenvalue weighted by molar-refractivity contribution is 9.11. The van der Waals surface area contributed by atoms with Gasteiger partial charge in [-0.2, -0.15) is 0 Å². The van der Waals surface area contributed by atoms with Crippen LogP contribution in [-0.2, 0) is 0 Å². The molecule has 0 bridgehead atoms. The summed E-state index contributed by atoms with van der Waals surface area (Å²) in [6.07, 6.45) is 1.51. The number of amides is 1. The highest BCUT2D eigenvalue weighted by Crippen LogP contribution is 2.23. The molecular formula is C13H11Br2N3O. The molecule has 0 aliphatic rings. The first-order valence-corrected chi connectivity index (χ1v) is 7.04. The number of nitrogens with two attached hydrogens (primary N) is 1. The number of benzene rings is 1. The van der Waals surface area contributed by atoms with Gasteiger partial charge in [0, 0.05) is 8.95 Å². The van der Waals surface area contributed by atoms with Crippen LogP contribution in [0.2, 0.25) is 0 Å². The molecule has 0 aliphatic heterocycles. The van der Waals surface area contributed by atoms with Crippen LogP contribution in [0.15, 0.2) is 39.4 Å². The number of nitrogen functional groups attached to an aromatic ring is 1. The number of carbonyl (C=O) groups is 1. The summed E-state index contributed by atoms with van der Waals surface area (Å²) in [5.41, 5.74) is 7.55. The van der Waals surface area contributed by atoms with Crippen LogP contribution in [0.5, 0.6) is 0 Å². The number of halogens is 2. The van der Waals surface area contributed by atoms with Crippen molar-refractivity contribution in [3.63, 3.8) is 0 Å². The van der Waals surface area contributed by atoms with Crippen molar-refractivity contribution in [2.24, 2.45) is 0 Å². The van der Waals surface area contributed by atoms with E-state index in [9.17, 15) is 4.79 Å². The van der Waals surface area contributed by atoms with Crippen LogP contribution in [0.25, 0.3) is 0 Å². The zero-order valence-corrected chi connectivity index (χ0v) is 13.2. The van der Waals surface area contributed by atoms with Crippen molar-refractivity contribution >= 4 is 49.3 Å². The number of aromatic nitrogens is 1. The van der Waals surface area contributed by atoms with Crippen LogP contribution in [0.1, 0.15) is 15.9 Å². The number of aryl methyl sites for hydroxylation is 1. The van der Waals surface area contributed by atoms with Crippen LogP contribution in [0, 0.1) is 6.92 Å². The van der Waals surface area contributed by atoms with Crippen LogP contribution in [0.4, 0.5) is 11.5 Å². The lowest BCUT2D eigenvalue weighted by molar-refractivity contribution is 0.102. The fourth-order valence-corrected chi connectivity index (χ4v) is 2.36. The lowest BCUT2D eigenvalue weighted by atomic mass is 10.2. The third-order valence-corrected chi connectivity index (χ3v) is 3.69. The van der Waals surface area contributed by atoms with E-state index in [1.165, 1.54) is 6.20 Å². The van der Waals surface area contributed by atoms with Crippen molar-refractivity contribution in [3.8, 4) is 0 Å². The fourth-order valence-electron chi connectivity index (χ4n) is 1.57. The van der Waals surface area contributed by atoms with Gasteiger partial charge in [0.1, 0.15) is 5.82 Å². The van der Waals surface area contributed by atoms with Gasteiger partial charge in [-0.15, -0.1) is 0 Å². The molecule has 6 heteroatoms. The van der Waals surface area contributed by atoms with Gasteiger partial charge in [0.15, 0.2) is 0 Å². The molecule has 1 heterocycles. The zero-order chi connectivity index (χ0) is 14.0. The van der Waals surface area contributed by atoms with Gasteiger partial charge in [-0.05, 0) is 52.7 Å². The largest absolute Gasteiger partial charge is 0.397 e. The predicted octanol–water partition coefficient (Wildman–Crippen LogP) is 3.75. The van der Waals surface area contributed by atoms with E-state index >= 15 is 0 Å². The molecule has 0 radical (unpaired) electrons. The molecule has 0 aliphatic carbocycles. The number of rotatable bonds is 2. The molecule has 19 heavy (non-hydrogen) atoms. The molecule has 0 spiro atoms. The minimum atomic E-state index is -0.228. The lowest BCUT2D eigenvalue weighted by Gasteiger charge is -2.09. The maximum Gasteiger partial charge on any atom is 0.258 e. The maximum absolute atomic E-state index is 12.2. The van der Waals surface area contributed by atoms with Crippen molar-refractivity contribution in [1.82, 2.24) is 4.98 Å². The van der Waals surface area contributed by atoms with E-state index in [1.807, 2.05) is 19.1 Å². The standard InChI is InChI=1S/C13H11Br2N3O/c1-7-4-9(16)6-17-12(7)18-13(19)10-5-8(14)2-3-11(10)15/h2-6H,16H2,1H3,(H,17,18,19). The zero-order valence-electron chi connectivity index (χ0n) is 10.1. The molecule has 98 valence electrons. The second-order valence-corrected chi connectivity index (χ2v) is 5.78. The molecule has 1 aromatic carbocycles. The summed E-state index contributed by atoms with van der Waals surface area (Å²) in [4.78, 5) is 16.3. The van der Waals surface area contributed by atoms with Crippen molar-refractivity contribution in [2.45, 2.75) is 6.92 Å². The normalized spacial score (nSPS) is 10.3. The smallest absolute Gasteiger partial charge is 0.258 e. The maximum atomic E-state index is 12.2. The quantitative estimate of drug-likeness (QED) is 0.828. The Balaban J connectivity index is 2.28. The van der Waals surface area contributed by atoms with E-state index in [0.29, 0.717) is 17.1 Å². The monoisotopic (exact) mass is 383 g/mol. The molecule has 1 aromatic heterocycles. The van der Waals surface area contributed by atoms with E-state index in [4.69, 9.17) is 5.73 Å². The summed E-state index contributed by atoms with van der Waals surface area (Å²) in [7, 11) is 0. The van der Waals surface area contributed by atoms with Gasteiger partial charge in [-0.3, -0.25) is 4.79 Å². The van der Waals surface area contributed by atoms with Crippen LogP contribution >= 0.6 is 31.9 Å². The minimum Gasteiger partial charge on any atom is -0.397 e. The van der Waals surface area contributed by atoms with Gasteiger partial charge in [0.2, 0.25) is 0 Å². The van der Waals surface area contributed by atoms with Gasteiger partial charge < -0.3 is 11.1 Å². The number of hydrogen-bond donors (Lipinski definition) is 2. The Kier molecular flexibility index (Phi) is 4.21.